The Labute approximate surface area is 114 Å². The average Bonchev–Trinajstić information content (AvgIpc) is 3.16. The fraction of sp³-hybridized carbons (Fsp3) is 0.438. The van der Waals surface area contributed by atoms with Crippen molar-refractivity contribution in [2.45, 2.75) is 38.3 Å². The third-order valence-electron chi connectivity index (χ3n) is 3.53. The first-order valence-corrected chi connectivity index (χ1v) is 7.19. The van der Waals surface area contributed by atoms with Gasteiger partial charge < -0.3 is 5.32 Å². The summed E-state index contributed by atoms with van der Waals surface area (Å²) >= 11 is 0. The normalized spacial score (nSPS) is 14.7. The van der Waals surface area contributed by atoms with Crippen molar-refractivity contribution in [2.24, 2.45) is 0 Å². The molecule has 1 aromatic carbocycles. The van der Waals surface area contributed by atoms with Crippen LogP contribution in [0.1, 0.15) is 30.4 Å². The maximum Gasteiger partial charge on any atom is 0.0659 e. The molecule has 0 radical (unpaired) electrons. The zero-order chi connectivity index (χ0) is 12.9. The predicted octanol–water partition coefficient (Wildman–Crippen LogP) is 2.62. The van der Waals surface area contributed by atoms with Crippen LogP contribution in [0.4, 0.5) is 0 Å². The van der Waals surface area contributed by atoms with Gasteiger partial charge in [-0.2, -0.15) is 5.10 Å². The molecule has 3 rings (SSSR count). The van der Waals surface area contributed by atoms with Gasteiger partial charge in [0.1, 0.15) is 0 Å². The number of rotatable bonds is 7. The quantitative estimate of drug-likeness (QED) is 0.771. The fourth-order valence-electron chi connectivity index (χ4n) is 2.28. The van der Waals surface area contributed by atoms with E-state index in [0.29, 0.717) is 0 Å². The molecule has 1 fully saturated rings. The average molecular weight is 255 g/mol. The third-order valence-corrected chi connectivity index (χ3v) is 3.53. The van der Waals surface area contributed by atoms with Crippen LogP contribution in [0.2, 0.25) is 0 Å². The minimum absolute atomic E-state index is 0.820. The first-order chi connectivity index (χ1) is 9.40. The van der Waals surface area contributed by atoms with E-state index >= 15 is 0 Å². The Morgan fingerprint density at radius 2 is 2.00 bits per heavy atom. The molecule has 0 aliphatic heterocycles. The zero-order valence-corrected chi connectivity index (χ0v) is 11.3. The van der Waals surface area contributed by atoms with E-state index in [0.717, 1.165) is 25.6 Å². The Balaban J connectivity index is 1.45. The Kier molecular flexibility index (Phi) is 3.94. The summed E-state index contributed by atoms with van der Waals surface area (Å²) in [6.45, 7) is 2.00. The van der Waals surface area contributed by atoms with Crippen LogP contribution in [0.25, 0.3) is 0 Å². The summed E-state index contributed by atoms with van der Waals surface area (Å²) in [6, 6.07) is 11.3. The molecule has 0 spiro atoms. The van der Waals surface area contributed by atoms with Gasteiger partial charge in [0.15, 0.2) is 0 Å². The van der Waals surface area contributed by atoms with E-state index in [-0.39, 0.29) is 0 Å². The highest BCUT2D eigenvalue weighted by Gasteiger charge is 2.19. The van der Waals surface area contributed by atoms with Crippen molar-refractivity contribution in [3.63, 3.8) is 0 Å². The summed E-state index contributed by atoms with van der Waals surface area (Å²) in [4.78, 5) is 0. The second kappa shape index (κ2) is 6.02. The Bertz CT molecular complexity index is 500. The number of hydrogen-bond donors (Lipinski definition) is 1. The minimum atomic E-state index is 0.820. The van der Waals surface area contributed by atoms with Crippen molar-refractivity contribution >= 4 is 0 Å². The van der Waals surface area contributed by atoms with Crippen molar-refractivity contribution in [2.75, 3.05) is 6.54 Å². The smallest absolute Gasteiger partial charge is 0.0659 e. The summed E-state index contributed by atoms with van der Waals surface area (Å²) < 4.78 is 2.03. The molecule has 2 aromatic rings. The van der Waals surface area contributed by atoms with Crippen molar-refractivity contribution in [3.8, 4) is 0 Å². The van der Waals surface area contributed by atoms with Crippen molar-refractivity contribution in [1.29, 1.82) is 0 Å². The molecule has 1 N–H and O–H groups in total. The Morgan fingerprint density at radius 1 is 1.16 bits per heavy atom. The Morgan fingerprint density at radius 3 is 2.79 bits per heavy atom. The molecule has 1 aliphatic rings. The van der Waals surface area contributed by atoms with E-state index in [9.17, 15) is 0 Å². The van der Waals surface area contributed by atoms with E-state index in [1.54, 1.807) is 0 Å². The van der Waals surface area contributed by atoms with E-state index in [1.807, 2.05) is 16.9 Å². The lowest BCUT2D eigenvalue weighted by Gasteiger charge is -2.01. The number of nitrogens with one attached hydrogen (secondary N) is 1. The molecule has 0 amide bonds. The van der Waals surface area contributed by atoms with Gasteiger partial charge in [0.2, 0.25) is 0 Å². The van der Waals surface area contributed by atoms with Crippen molar-refractivity contribution < 1.29 is 0 Å². The number of hydrogen-bond acceptors (Lipinski definition) is 2. The van der Waals surface area contributed by atoms with Gasteiger partial charge >= 0.3 is 0 Å². The van der Waals surface area contributed by atoms with Crippen molar-refractivity contribution in [3.05, 3.63) is 53.9 Å². The highest BCUT2D eigenvalue weighted by Crippen LogP contribution is 2.18. The molecule has 1 saturated carbocycles. The van der Waals surface area contributed by atoms with Gasteiger partial charge in [-0.05, 0) is 43.4 Å². The van der Waals surface area contributed by atoms with Crippen LogP contribution < -0.4 is 5.32 Å². The SMILES string of the molecule is c1ccc(Cn2cc(CCCNC3CC3)cn2)cc1. The van der Waals surface area contributed by atoms with Gasteiger partial charge in [-0.15, -0.1) is 0 Å². The molecule has 1 aliphatic carbocycles. The van der Waals surface area contributed by atoms with Crippen LogP contribution >= 0.6 is 0 Å². The molecule has 0 saturated heterocycles. The van der Waals surface area contributed by atoms with Gasteiger partial charge in [-0.25, -0.2) is 0 Å². The monoisotopic (exact) mass is 255 g/mol. The minimum Gasteiger partial charge on any atom is -0.314 e. The van der Waals surface area contributed by atoms with Gasteiger partial charge in [-0.1, -0.05) is 30.3 Å². The van der Waals surface area contributed by atoms with Crippen molar-refractivity contribution in [1.82, 2.24) is 15.1 Å². The van der Waals surface area contributed by atoms with Crippen LogP contribution in [0.3, 0.4) is 0 Å². The number of aryl methyl sites for hydroxylation is 1. The van der Waals surface area contributed by atoms with Crippen LogP contribution in [-0.2, 0) is 13.0 Å². The van der Waals surface area contributed by atoms with E-state index < -0.39 is 0 Å². The fourth-order valence-corrected chi connectivity index (χ4v) is 2.28. The largest absolute Gasteiger partial charge is 0.314 e. The number of benzene rings is 1. The number of aromatic nitrogens is 2. The highest BCUT2D eigenvalue weighted by atomic mass is 15.3. The van der Waals surface area contributed by atoms with E-state index in [2.05, 4.69) is 40.9 Å². The molecule has 3 nitrogen and oxygen atoms in total. The number of nitrogens with zero attached hydrogens (tertiary/aromatic N) is 2. The molecule has 1 aromatic heterocycles. The summed E-state index contributed by atoms with van der Waals surface area (Å²) in [5, 5.41) is 7.98. The maximum absolute atomic E-state index is 4.43. The first-order valence-electron chi connectivity index (χ1n) is 7.19. The second-order valence-electron chi connectivity index (χ2n) is 5.36. The maximum atomic E-state index is 4.43. The molecule has 0 unspecified atom stereocenters. The van der Waals surface area contributed by atoms with Crippen LogP contribution in [0.5, 0.6) is 0 Å². The lowest BCUT2D eigenvalue weighted by Crippen LogP contribution is -2.17. The van der Waals surface area contributed by atoms with Crippen LogP contribution in [0, 0.1) is 0 Å². The first kappa shape index (κ1) is 12.4. The third kappa shape index (κ3) is 3.93. The molecule has 3 heteroatoms. The summed E-state index contributed by atoms with van der Waals surface area (Å²) in [6.07, 6.45) is 9.23. The van der Waals surface area contributed by atoms with Gasteiger partial charge in [0, 0.05) is 12.2 Å². The van der Waals surface area contributed by atoms with E-state index in [1.165, 1.54) is 30.4 Å². The van der Waals surface area contributed by atoms with Gasteiger partial charge in [-0.3, -0.25) is 4.68 Å². The second-order valence-corrected chi connectivity index (χ2v) is 5.36. The van der Waals surface area contributed by atoms with Gasteiger partial charge in [0.25, 0.3) is 0 Å². The standard InChI is InChI=1S/C16H21N3/c1-2-5-14(6-3-1)12-19-13-15(11-18-19)7-4-10-17-16-8-9-16/h1-3,5-6,11,13,16-17H,4,7-10,12H2. The van der Waals surface area contributed by atoms with Crippen LogP contribution in [-0.4, -0.2) is 22.4 Å². The van der Waals surface area contributed by atoms with E-state index in [4.69, 9.17) is 0 Å². The molecule has 0 bridgehead atoms. The lowest BCUT2D eigenvalue weighted by atomic mass is 10.2. The predicted molar refractivity (Wildman–Crippen MR) is 77.1 cm³/mol. The summed E-state index contributed by atoms with van der Waals surface area (Å²) in [5.74, 6) is 0. The van der Waals surface area contributed by atoms with Gasteiger partial charge in [0.05, 0.1) is 12.7 Å². The topological polar surface area (TPSA) is 29.9 Å². The summed E-state index contributed by atoms with van der Waals surface area (Å²) in [5.41, 5.74) is 2.64. The molecule has 19 heavy (non-hydrogen) atoms. The van der Waals surface area contributed by atoms with Crippen LogP contribution in [0.15, 0.2) is 42.7 Å². The molecule has 0 atom stereocenters. The molecular formula is C16H21N3. The summed E-state index contributed by atoms with van der Waals surface area (Å²) in [7, 11) is 0. The molecular weight excluding hydrogens is 234 g/mol. The molecule has 1 heterocycles. The molecule has 100 valence electrons. The zero-order valence-electron chi connectivity index (χ0n) is 11.3. The highest BCUT2D eigenvalue weighted by molar-refractivity contribution is 5.15. The Hall–Kier alpha value is -1.61. The lowest BCUT2D eigenvalue weighted by molar-refractivity contribution is 0.644.